The molecule has 7 heterocycles. The number of hydrogen-bond donors (Lipinski definition) is 4. The molecule has 8 amide bonds. The molecule has 0 atom stereocenters. The average molecular weight is 1100 g/mol. The highest BCUT2D eigenvalue weighted by Crippen LogP contribution is 2.32. The molecule has 23 heteroatoms. The number of rotatable bonds is 6. The van der Waals surface area contributed by atoms with Gasteiger partial charge in [0.05, 0.1) is 23.0 Å². The van der Waals surface area contributed by atoms with Crippen LogP contribution in [0.15, 0.2) is 77.8 Å². The highest BCUT2D eigenvalue weighted by molar-refractivity contribution is 7.22. The number of benzene rings is 3. The summed E-state index contributed by atoms with van der Waals surface area (Å²) < 4.78 is 6.29. The van der Waals surface area contributed by atoms with Gasteiger partial charge < -0.3 is 54.6 Å². The number of carbonyl (C=O) groups excluding carboxylic acids is 4. The molecule has 0 unspecified atom stereocenters. The Morgan fingerprint density at radius 2 is 1.03 bits per heavy atom. The van der Waals surface area contributed by atoms with Gasteiger partial charge in [-0.1, -0.05) is 41.7 Å². The summed E-state index contributed by atoms with van der Waals surface area (Å²) in [6.07, 6.45) is 1.77. The number of nitrogens with zero attached hydrogens (tertiary/aromatic N) is 11. The van der Waals surface area contributed by atoms with Crippen LogP contribution >= 0.6 is 34.0 Å². The molecule has 4 N–H and O–H groups in total. The number of anilines is 4. The molecule has 0 aliphatic carbocycles. The SMILES string of the molecule is CN1CCN(C(=O)Nc2ccc(-c3cscn3)cc2)CC1.COc1cccc2sc(NC(=O)N3CCN(C)CC3)nc12.Cc1cccc(NC(=O)N2CCN(C)CC2)c1C.Cc1cnc(NC(=O)N2CCN(C)CC2)s1. The lowest BCUT2D eigenvalue weighted by atomic mass is 10.1. The lowest BCUT2D eigenvalue weighted by molar-refractivity contribution is 0.164. The number of amides is 8. The van der Waals surface area contributed by atoms with E-state index in [1.807, 2.05) is 98.9 Å². The zero-order valence-corrected chi connectivity index (χ0v) is 47.5. The zero-order chi connectivity index (χ0) is 54.1. The molecule has 4 saturated heterocycles. The molecule has 0 spiro atoms. The van der Waals surface area contributed by atoms with E-state index in [2.05, 4.69) is 97.0 Å². The van der Waals surface area contributed by atoms with Crippen LogP contribution in [0.4, 0.5) is 40.8 Å². The van der Waals surface area contributed by atoms with Crippen molar-refractivity contribution in [3.63, 3.8) is 0 Å². The lowest BCUT2D eigenvalue weighted by Gasteiger charge is -2.32. The summed E-state index contributed by atoms with van der Waals surface area (Å²) in [5.41, 5.74) is 8.71. The fourth-order valence-corrected chi connectivity index (χ4v) is 10.4. The summed E-state index contributed by atoms with van der Waals surface area (Å²) in [5, 5.41) is 15.0. The van der Waals surface area contributed by atoms with E-state index in [-0.39, 0.29) is 24.1 Å². The number of ether oxygens (including phenoxy) is 1. The van der Waals surface area contributed by atoms with E-state index < -0.39 is 0 Å². The summed E-state index contributed by atoms with van der Waals surface area (Å²) >= 11 is 4.54. The Kier molecular flexibility index (Phi) is 21.1. The van der Waals surface area contributed by atoms with Crippen molar-refractivity contribution in [2.24, 2.45) is 0 Å². The van der Waals surface area contributed by atoms with E-state index in [4.69, 9.17) is 4.74 Å². The molecule has 20 nitrogen and oxygen atoms in total. The number of thiazole rings is 3. The summed E-state index contributed by atoms with van der Waals surface area (Å²) in [6, 6.07) is 19.4. The van der Waals surface area contributed by atoms with Gasteiger partial charge in [-0.25, -0.2) is 34.1 Å². The quantitative estimate of drug-likeness (QED) is 0.126. The van der Waals surface area contributed by atoms with Crippen molar-refractivity contribution in [2.45, 2.75) is 20.8 Å². The number of aryl methyl sites for hydroxylation is 2. The van der Waals surface area contributed by atoms with Gasteiger partial charge in [0.15, 0.2) is 10.3 Å². The molecule has 3 aromatic heterocycles. The van der Waals surface area contributed by atoms with Gasteiger partial charge in [0.2, 0.25) is 0 Å². The second kappa shape index (κ2) is 28.1. The Hall–Kier alpha value is -6.47. The van der Waals surface area contributed by atoms with E-state index in [9.17, 15) is 19.2 Å². The van der Waals surface area contributed by atoms with Crippen molar-refractivity contribution in [2.75, 3.05) is 161 Å². The molecule has 10 rings (SSSR count). The van der Waals surface area contributed by atoms with Crippen molar-refractivity contribution >= 4 is 90.0 Å². The third kappa shape index (κ3) is 16.8. The minimum absolute atomic E-state index is 0.0109. The van der Waals surface area contributed by atoms with Crippen LogP contribution < -0.4 is 26.0 Å². The Balaban J connectivity index is 0.000000148. The third-order valence-electron chi connectivity index (χ3n) is 13.5. The first kappa shape index (κ1) is 57.2. The van der Waals surface area contributed by atoms with Crippen LogP contribution in [0.3, 0.4) is 0 Å². The molecule has 6 aromatic rings. The van der Waals surface area contributed by atoms with E-state index in [0.29, 0.717) is 10.3 Å². The van der Waals surface area contributed by atoms with Crippen molar-refractivity contribution in [3.05, 3.63) is 93.8 Å². The highest BCUT2D eigenvalue weighted by Gasteiger charge is 2.23. The number of carbonyl (C=O) groups is 4. The normalized spacial score (nSPS) is 16.5. The van der Waals surface area contributed by atoms with Gasteiger partial charge in [-0.15, -0.1) is 22.7 Å². The molecule has 4 aliphatic rings. The van der Waals surface area contributed by atoms with Crippen molar-refractivity contribution in [1.82, 2.24) is 54.2 Å². The number of hydrogen-bond acceptors (Lipinski definition) is 15. The highest BCUT2D eigenvalue weighted by atomic mass is 32.1. The molecule has 408 valence electrons. The van der Waals surface area contributed by atoms with Gasteiger partial charge in [-0.05, 0) is 90.4 Å². The molecule has 0 bridgehead atoms. The number of nitrogens with one attached hydrogen (secondary N) is 4. The minimum atomic E-state index is -0.0823. The number of likely N-dealkylation sites (N-methyl/N-ethyl adjacent to an activating group) is 4. The maximum absolute atomic E-state index is 12.2. The van der Waals surface area contributed by atoms with Crippen LogP contribution in [0.1, 0.15) is 16.0 Å². The van der Waals surface area contributed by atoms with Gasteiger partial charge >= 0.3 is 24.1 Å². The molecular formula is C53H73N15O5S3. The smallest absolute Gasteiger partial charge is 0.323 e. The lowest BCUT2D eigenvalue weighted by Crippen LogP contribution is -2.48. The second-order valence-electron chi connectivity index (χ2n) is 19.2. The maximum Gasteiger partial charge on any atom is 0.323 e. The van der Waals surface area contributed by atoms with E-state index >= 15 is 0 Å². The summed E-state index contributed by atoms with van der Waals surface area (Å²) in [4.78, 5) is 78.6. The third-order valence-corrected chi connectivity index (χ3v) is 15.9. The van der Waals surface area contributed by atoms with Crippen LogP contribution in [-0.4, -0.2) is 218 Å². The molecule has 4 aliphatic heterocycles. The van der Waals surface area contributed by atoms with Crippen molar-refractivity contribution in [3.8, 4) is 17.0 Å². The Morgan fingerprint density at radius 3 is 1.50 bits per heavy atom. The first-order chi connectivity index (χ1) is 36.6. The number of urea groups is 4. The summed E-state index contributed by atoms with van der Waals surface area (Å²) in [7, 11) is 9.91. The van der Waals surface area contributed by atoms with Gasteiger partial charge in [-0.3, -0.25) is 10.6 Å². The topological polar surface area (TPSA) is 190 Å². The monoisotopic (exact) mass is 1100 g/mol. The Bertz CT molecular complexity index is 2800. The standard InChI is InChI=1S/C15H18N4OS.C14H18N4O2S.C14H21N3O.C10H16N4OS/c1-18-6-8-19(9-7-18)15(20)17-13-4-2-12(3-5-13)14-10-21-11-16-14;1-17-6-8-18(9-7-17)14(19)16-13-15-12-10(20-2)4-3-5-11(12)21-13;1-11-5-4-6-13(12(11)2)15-14(18)17-9-7-16(3)8-10-17;1-8-7-11-9(16-8)12-10(15)14-5-3-13(2)4-6-14/h2-5,10-11H,6-9H2,1H3,(H,17,20);3-5H,6-9H2,1-2H3,(H,15,16,19);4-6H,7-10H2,1-3H3,(H,15,18);7H,3-6H2,1-2H3,(H,11,12,15). The van der Waals surface area contributed by atoms with Gasteiger partial charge in [0.25, 0.3) is 0 Å². The summed E-state index contributed by atoms with van der Waals surface area (Å²) in [6.45, 7) is 19.7. The number of methoxy groups -OCH3 is 1. The molecule has 76 heavy (non-hydrogen) atoms. The van der Waals surface area contributed by atoms with Gasteiger partial charge in [0.1, 0.15) is 11.3 Å². The number of piperazine rings is 4. The molecule has 0 radical (unpaired) electrons. The van der Waals surface area contributed by atoms with E-state index in [1.54, 1.807) is 24.6 Å². The molecule has 4 fully saturated rings. The molecule has 0 saturated carbocycles. The fraction of sp³-hybridized carbons (Fsp3) is 0.453. The maximum atomic E-state index is 12.2. The average Bonchev–Trinajstić information content (AvgIpc) is 4.23. The molecular weight excluding hydrogens is 1020 g/mol. The number of fused-ring (bicyclic) bond motifs is 1. The van der Waals surface area contributed by atoms with Crippen LogP contribution in [0.25, 0.3) is 21.5 Å². The van der Waals surface area contributed by atoms with E-state index in [1.165, 1.54) is 28.2 Å². The van der Waals surface area contributed by atoms with Crippen LogP contribution in [0.5, 0.6) is 5.75 Å². The van der Waals surface area contributed by atoms with Crippen molar-refractivity contribution in [1.29, 1.82) is 0 Å². The van der Waals surface area contributed by atoms with E-state index in [0.717, 1.165) is 154 Å². The number of aromatic nitrogens is 3. The van der Waals surface area contributed by atoms with Crippen LogP contribution in [0.2, 0.25) is 0 Å². The van der Waals surface area contributed by atoms with Gasteiger partial charge in [-0.2, -0.15) is 0 Å². The van der Waals surface area contributed by atoms with Gasteiger partial charge in [0, 0.05) is 138 Å². The first-order valence-corrected chi connectivity index (χ1v) is 28.1. The Morgan fingerprint density at radius 1 is 0.539 bits per heavy atom. The minimum Gasteiger partial charge on any atom is -0.494 e. The predicted octanol–water partition coefficient (Wildman–Crippen LogP) is 7.99. The van der Waals surface area contributed by atoms with Crippen molar-refractivity contribution < 1.29 is 23.9 Å². The first-order valence-electron chi connectivity index (χ1n) is 25.5. The Labute approximate surface area is 458 Å². The molecule has 3 aromatic carbocycles. The zero-order valence-electron chi connectivity index (χ0n) is 45.0. The number of para-hydroxylation sites is 1. The second-order valence-corrected chi connectivity index (χ2v) is 22.2. The largest absolute Gasteiger partial charge is 0.494 e. The fourth-order valence-electron chi connectivity index (χ4n) is 8.30. The predicted molar refractivity (Wildman–Crippen MR) is 309 cm³/mol. The van der Waals surface area contributed by atoms with Crippen LogP contribution in [0, 0.1) is 20.8 Å². The van der Waals surface area contributed by atoms with Crippen LogP contribution in [-0.2, 0) is 0 Å². The summed E-state index contributed by atoms with van der Waals surface area (Å²) in [5.74, 6) is 0.726.